The Morgan fingerprint density at radius 3 is 1.38 bits per heavy atom. The van der Waals surface area contributed by atoms with Gasteiger partial charge in [0, 0.05) is 6.42 Å². The number of aliphatic carboxylic acids is 1. The van der Waals surface area contributed by atoms with E-state index in [9.17, 15) is 4.79 Å². The fraction of sp³-hybridized carbons (Fsp3) is 0.654. The zero-order valence-corrected chi connectivity index (χ0v) is 20.6. The second-order valence-corrected chi connectivity index (χ2v) is 7.72. The third kappa shape index (κ3) is 24.5. The monoisotopic (exact) mass is 453 g/mol. The summed E-state index contributed by atoms with van der Waals surface area (Å²) in [5.74, 6) is -0.712. The maximum Gasteiger partial charge on any atom is 0.303 e. The van der Waals surface area contributed by atoms with Crippen molar-refractivity contribution in [3.8, 4) is 0 Å². The Hall–Kier alpha value is -1.73. The van der Waals surface area contributed by atoms with Gasteiger partial charge in [-0.1, -0.05) is 68.4 Å². The van der Waals surface area contributed by atoms with E-state index in [1.807, 2.05) is 0 Å². The Morgan fingerprint density at radius 1 is 0.688 bits per heavy atom. The molecule has 0 bridgehead atoms. The second kappa shape index (κ2) is 23.9. The lowest BCUT2D eigenvalue weighted by molar-refractivity contribution is -0.159. The number of hydrogen-bond donors (Lipinski definition) is 4. The summed E-state index contributed by atoms with van der Waals surface area (Å²) < 4.78 is 0. The van der Waals surface area contributed by atoms with E-state index in [1.54, 1.807) is 0 Å². The molecule has 4 N–H and O–H groups in total. The molecule has 0 aromatic rings. The van der Waals surface area contributed by atoms with Gasteiger partial charge in [-0.05, 0) is 65.7 Å². The van der Waals surface area contributed by atoms with Crippen LogP contribution in [0.5, 0.6) is 0 Å². The highest BCUT2D eigenvalue weighted by Gasteiger charge is 2.20. The SMILES string of the molecule is CC(O)N(C(C)O)C(C)O.CCCCCC=CCC=CCC=CCC=CCCCC(=O)O. The van der Waals surface area contributed by atoms with Crippen LogP contribution in [0.3, 0.4) is 0 Å². The molecule has 6 heteroatoms. The molecule has 0 aliphatic heterocycles. The lowest BCUT2D eigenvalue weighted by Crippen LogP contribution is -2.45. The van der Waals surface area contributed by atoms with Crippen molar-refractivity contribution in [2.75, 3.05) is 0 Å². The smallest absolute Gasteiger partial charge is 0.303 e. The number of carboxylic acids is 1. The van der Waals surface area contributed by atoms with Crippen molar-refractivity contribution in [3.05, 3.63) is 48.6 Å². The molecule has 0 heterocycles. The summed E-state index contributed by atoms with van der Waals surface area (Å²) in [6.45, 7) is 6.69. The average Bonchev–Trinajstić information content (AvgIpc) is 2.69. The van der Waals surface area contributed by atoms with Gasteiger partial charge in [0.05, 0.1) is 0 Å². The predicted molar refractivity (Wildman–Crippen MR) is 133 cm³/mol. The summed E-state index contributed by atoms with van der Waals surface area (Å²) in [6.07, 6.45) is 24.8. The van der Waals surface area contributed by atoms with Crippen LogP contribution in [0.15, 0.2) is 48.6 Å². The number of nitrogens with zero attached hydrogens (tertiary/aromatic N) is 1. The van der Waals surface area contributed by atoms with Crippen molar-refractivity contribution < 1.29 is 25.2 Å². The van der Waals surface area contributed by atoms with Crippen LogP contribution in [-0.2, 0) is 4.79 Å². The van der Waals surface area contributed by atoms with Crippen molar-refractivity contribution in [3.63, 3.8) is 0 Å². The first-order chi connectivity index (χ1) is 15.2. The van der Waals surface area contributed by atoms with Crippen molar-refractivity contribution in [2.45, 2.75) is 111 Å². The number of aliphatic hydroxyl groups excluding tert-OH is 3. The van der Waals surface area contributed by atoms with E-state index < -0.39 is 24.7 Å². The van der Waals surface area contributed by atoms with Crippen LogP contribution in [0.25, 0.3) is 0 Å². The van der Waals surface area contributed by atoms with E-state index in [4.69, 9.17) is 20.4 Å². The van der Waals surface area contributed by atoms with Gasteiger partial charge in [-0.15, -0.1) is 0 Å². The van der Waals surface area contributed by atoms with Gasteiger partial charge < -0.3 is 20.4 Å². The van der Waals surface area contributed by atoms with Crippen LogP contribution < -0.4 is 0 Å². The third-order valence-electron chi connectivity index (χ3n) is 4.51. The molecule has 0 aromatic carbocycles. The Bertz CT molecular complexity index is 517. The highest BCUT2D eigenvalue weighted by atomic mass is 16.4. The summed E-state index contributed by atoms with van der Waals surface area (Å²) in [5, 5.41) is 35.4. The number of carboxylic acid groups (broad SMARTS) is 1. The van der Waals surface area contributed by atoms with Crippen molar-refractivity contribution in [1.82, 2.24) is 4.90 Å². The van der Waals surface area contributed by atoms with Crippen LogP contribution in [0, 0.1) is 0 Å². The van der Waals surface area contributed by atoms with Crippen LogP contribution >= 0.6 is 0 Å². The molecule has 0 fully saturated rings. The number of hydrogen-bond acceptors (Lipinski definition) is 5. The van der Waals surface area contributed by atoms with E-state index >= 15 is 0 Å². The van der Waals surface area contributed by atoms with Gasteiger partial charge in [0.2, 0.25) is 0 Å². The van der Waals surface area contributed by atoms with Gasteiger partial charge in [-0.3, -0.25) is 4.79 Å². The van der Waals surface area contributed by atoms with Crippen LogP contribution in [0.1, 0.15) is 91.9 Å². The normalized spacial score (nSPS) is 15.0. The maximum absolute atomic E-state index is 10.3. The highest BCUT2D eigenvalue weighted by Crippen LogP contribution is 2.04. The summed E-state index contributed by atoms with van der Waals surface area (Å²) in [6, 6.07) is 0. The second-order valence-electron chi connectivity index (χ2n) is 7.72. The maximum atomic E-state index is 10.3. The molecular formula is C26H47NO5. The summed E-state index contributed by atoms with van der Waals surface area (Å²) >= 11 is 0. The molecule has 186 valence electrons. The van der Waals surface area contributed by atoms with E-state index in [1.165, 1.54) is 51.4 Å². The Labute approximate surface area is 195 Å². The number of aliphatic hydroxyl groups is 3. The topological polar surface area (TPSA) is 101 Å². The van der Waals surface area contributed by atoms with Crippen LogP contribution in [-0.4, -0.2) is 50.0 Å². The van der Waals surface area contributed by atoms with E-state index in [-0.39, 0.29) is 6.42 Å². The lowest BCUT2D eigenvalue weighted by atomic mass is 10.2. The summed E-state index contributed by atoms with van der Waals surface area (Å²) in [7, 11) is 0. The molecule has 0 aliphatic carbocycles. The Morgan fingerprint density at radius 2 is 1.06 bits per heavy atom. The number of unbranched alkanes of at least 4 members (excludes halogenated alkanes) is 4. The summed E-state index contributed by atoms with van der Waals surface area (Å²) in [5.41, 5.74) is 0. The fourth-order valence-corrected chi connectivity index (χ4v) is 2.87. The molecule has 0 spiro atoms. The molecule has 0 amide bonds. The number of allylic oxidation sites excluding steroid dienone is 8. The van der Waals surface area contributed by atoms with Crippen molar-refractivity contribution in [1.29, 1.82) is 0 Å². The van der Waals surface area contributed by atoms with Crippen LogP contribution in [0.2, 0.25) is 0 Å². The minimum Gasteiger partial charge on any atom is -0.481 e. The summed E-state index contributed by atoms with van der Waals surface area (Å²) in [4.78, 5) is 11.5. The van der Waals surface area contributed by atoms with Gasteiger partial charge in [-0.25, -0.2) is 4.90 Å². The molecule has 0 aromatic heterocycles. The average molecular weight is 454 g/mol. The molecule has 6 nitrogen and oxygen atoms in total. The van der Waals surface area contributed by atoms with Gasteiger partial charge >= 0.3 is 5.97 Å². The quantitative estimate of drug-likeness (QED) is 0.131. The van der Waals surface area contributed by atoms with Crippen molar-refractivity contribution >= 4 is 5.97 Å². The van der Waals surface area contributed by atoms with E-state index in [2.05, 4.69) is 55.5 Å². The molecule has 0 rings (SSSR count). The first kappa shape index (κ1) is 32.4. The predicted octanol–water partition coefficient (Wildman–Crippen LogP) is 5.52. The van der Waals surface area contributed by atoms with Gasteiger partial charge in [0.25, 0.3) is 0 Å². The molecule has 0 radical (unpaired) electrons. The van der Waals surface area contributed by atoms with Gasteiger partial charge in [0.15, 0.2) is 0 Å². The standard InChI is InChI=1S/C20H32O2.C6H15NO3/c1-2-3-4-5-6-7-8-9-10-11-12-13-14-15-16-17-18-19-20(21)22;1-4(8)7(5(2)9)6(3)10/h6-7,9-10,12-13,15-16H,2-5,8,11,14,17-19H2,1H3,(H,21,22);4-6,8-10H,1-3H3. The highest BCUT2D eigenvalue weighted by molar-refractivity contribution is 5.66. The Kier molecular flexibility index (Phi) is 24.3. The van der Waals surface area contributed by atoms with E-state index in [0.29, 0.717) is 0 Å². The third-order valence-corrected chi connectivity index (χ3v) is 4.51. The number of carbonyl (C=O) groups is 1. The molecule has 3 atom stereocenters. The molecule has 3 unspecified atom stereocenters. The minimum absolute atomic E-state index is 0.262. The first-order valence-electron chi connectivity index (χ1n) is 11.9. The number of rotatable bonds is 17. The molecule has 0 saturated carbocycles. The zero-order chi connectivity index (χ0) is 24.6. The minimum atomic E-state index is -0.833. The lowest BCUT2D eigenvalue weighted by Gasteiger charge is -2.30. The first-order valence-corrected chi connectivity index (χ1v) is 11.9. The van der Waals surface area contributed by atoms with E-state index in [0.717, 1.165) is 32.1 Å². The van der Waals surface area contributed by atoms with Gasteiger partial charge in [0.1, 0.15) is 18.7 Å². The molecule has 32 heavy (non-hydrogen) atoms. The zero-order valence-electron chi connectivity index (χ0n) is 20.6. The largest absolute Gasteiger partial charge is 0.481 e. The molecule has 0 saturated heterocycles. The molecule has 0 aliphatic rings. The Balaban J connectivity index is 0. The van der Waals surface area contributed by atoms with Crippen LogP contribution in [0.4, 0.5) is 0 Å². The van der Waals surface area contributed by atoms with Gasteiger partial charge in [-0.2, -0.15) is 0 Å². The fourth-order valence-electron chi connectivity index (χ4n) is 2.87. The molecular weight excluding hydrogens is 406 g/mol. The van der Waals surface area contributed by atoms with Crippen molar-refractivity contribution in [2.24, 2.45) is 0 Å².